The van der Waals surface area contributed by atoms with Crippen LogP contribution in [-0.4, -0.2) is 35.2 Å². The lowest BCUT2D eigenvalue weighted by atomic mass is 10.3. The number of hydrogen-bond acceptors (Lipinski definition) is 6. The van der Waals surface area contributed by atoms with Crippen LogP contribution in [0.3, 0.4) is 0 Å². The van der Waals surface area contributed by atoms with Crippen molar-refractivity contribution < 1.29 is 4.74 Å². The minimum Gasteiger partial charge on any atom is -0.467 e. The van der Waals surface area contributed by atoms with Crippen LogP contribution >= 0.6 is 11.6 Å². The molecular formula is C8H14ClN5O. The highest BCUT2D eigenvalue weighted by Crippen LogP contribution is 2.10. The summed E-state index contributed by atoms with van der Waals surface area (Å²) < 4.78 is 4.86. The molecule has 3 N–H and O–H groups in total. The molecule has 0 fully saturated rings. The third-order valence-electron chi connectivity index (χ3n) is 1.68. The van der Waals surface area contributed by atoms with Crippen LogP contribution in [0.4, 0.5) is 5.95 Å². The summed E-state index contributed by atoms with van der Waals surface area (Å²) in [5, 5.41) is 3.13. The molecule has 0 aromatic carbocycles. The highest BCUT2D eigenvalue weighted by Gasteiger charge is 2.03. The highest BCUT2D eigenvalue weighted by molar-refractivity contribution is 6.28. The van der Waals surface area contributed by atoms with E-state index in [1.54, 1.807) is 0 Å². The number of nitrogens with one attached hydrogen (secondary N) is 1. The lowest BCUT2D eigenvalue weighted by Crippen LogP contribution is -2.09. The Kier molecular flexibility index (Phi) is 5.06. The Morgan fingerprint density at radius 3 is 2.80 bits per heavy atom. The third kappa shape index (κ3) is 4.26. The first kappa shape index (κ1) is 11.9. The molecule has 0 saturated heterocycles. The lowest BCUT2D eigenvalue weighted by Gasteiger charge is -2.05. The molecule has 6 nitrogen and oxygen atoms in total. The number of unbranched alkanes of at least 4 members (excludes halogenated alkanes) is 1. The zero-order chi connectivity index (χ0) is 11.1. The molecule has 1 heterocycles. The van der Waals surface area contributed by atoms with Gasteiger partial charge in [0.1, 0.15) is 0 Å². The van der Waals surface area contributed by atoms with Gasteiger partial charge < -0.3 is 15.8 Å². The van der Waals surface area contributed by atoms with Crippen molar-refractivity contribution in [1.29, 1.82) is 0 Å². The molecule has 0 aliphatic heterocycles. The summed E-state index contributed by atoms with van der Waals surface area (Å²) in [5.74, 6) is 0.420. The summed E-state index contributed by atoms with van der Waals surface area (Å²) in [7, 11) is 1.48. The molecule has 0 aliphatic rings. The van der Waals surface area contributed by atoms with E-state index < -0.39 is 0 Å². The Morgan fingerprint density at radius 2 is 2.13 bits per heavy atom. The van der Waals surface area contributed by atoms with Crippen LogP contribution in [0.25, 0.3) is 0 Å². The van der Waals surface area contributed by atoms with Crippen molar-refractivity contribution in [2.24, 2.45) is 5.73 Å². The van der Waals surface area contributed by atoms with Crippen LogP contribution in [0.1, 0.15) is 12.8 Å². The summed E-state index contributed by atoms with van der Waals surface area (Å²) in [6.45, 7) is 1.43. The van der Waals surface area contributed by atoms with Crippen LogP contribution in [0.2, 0.25) is 5.28 Å². The van der Waals surface area contributed by atoms with Crippen LogP contribution in [0.5, 0.6) is 6.01 Å². The minimum absolute atomic E-state index is 0.114. The van der Waals surface area contributed by atoms with Crippen molar-refractivity contribution in [1.82, 2.24) is 15.0 Å². The van der Waals surface area contributed by atoms with Crippen molar-refractivity contribution >= 4 is 17.5 Å². The monoisotopic (exact) mass is 231 g/mol. The Hall–Kier alpha value is -1.14. The molecule has 0 amide bonds. The van der Waals surface area contributed by atoms with E-state index >= 15 is 0 Å². The number of halogens is 1. The van der Waals surface area contributed by atoms with Crippen molar-refractivity contribution in [2.45, 2.75) is 12.8 Å². The number of nitrogens with zero attached hydrogens (tertiary/aromatic N) is 3. The molecule has 0 aliphatic carbocycles. The summed E-state index contributed by atoms with van der Waals surface area (Å²) in [4.78, 5) is 11.6. The number of aromatic nitrogens is 3. The van der Waals surface area contributed by atoms with Crippen molar-refractivity contribution in [3.05, 3.63) is 5.28 Å². The van der Waals surface area contributed by atoms with E-state index in [4.69, 9.17) is 22.1 Å². The maximum atomic E-state index is 5.67. The predicted molar refractivity (Wildman–Crippen MR) is 58.2 cm³/mol. The van der Waals surface area contributed by atoms with Gasteiger partial charge in [-0.25, -0.2) is 0 Å². The van der Waals surface area contributed by atoms with E-state index in [1.807, 2.05) is 0 Å². The van der Waals surface area contributed by atoms with E-state index in [0.29, 0.717) is 12.5 Å². The molecule has 0 spiro atoms. The molecular weight excluding hydrogens is 218 g/mol. The zero-order valence-electron chi connectivity index (χ0n) is 8.53. The lowest BCUT2D eigenvalue weighted by molar-refractivity contribution is 0.379. The topological polar surface area (TPSA) is 86.0 Å². The van der Waals surface area contributed by atoms with Crippen molar-refractivity contribution in [2.75, 3.05) is 25.5 Å². The fourth-order valence-electron chi connectivity index (χ4n) is 0.972. The Balaban J connectivity index is 2.49. The zero-order valence-corrected chi connectivity index (χ0v) is 9.29. The Labute approximate surface area is 93.2 Å². The first-order valence-electron chi connectivity index (χ1n) is 4.65. The van der Waals surface area contributed by atoms with Gasteiger partial charge in [-0.2, -0.15) is 15.0 Å². The number of ether oxygens (including phenoxy) is 1. The molecule has 84 valence electrons. The van der Waals surface area contributed by atoms with Gasteiger partial charge in [0.25, 0.3) is 0 Å². The molecule has 0 bridgehead atoms. The maximum Gasteiger partial charge on any atom is 0.322 e. The number of anilines is 1. The second kappa shape index (κ2) is 6.36. The van der Waals surface area contributed by atoms with E-state index in [1.165, 1.54) is 7.11 Å². The molecule has 7 heteroatoms. The van der Waals surface area contributed by atoms with Crippen LogP contribution in [-0.2, 0) is 0 Å². The molecule has 0 radical (unpaired) electrons. The second-order valence-electron chi connectivity index (χ2n) is 2.84. The Bertz CT molecular complexity index is 309. The first-order valence-corrected chi connectivity index (χ1v) is 5.03. The smallest absolute Gasteiger partial charge is 0.322 e. The molecule has 0 unspecified atom stereocenters. The van der Waals surface area contributed by atoms with Gasteiger partial charge in [0, 0.05) is 6.54 Å². The quantitative estimate of drug-likeness (QED) is 0.701. The highest BCUT2D eigenvalue weighted by atomic mass is 35.5. The Morgan fingerprint density at radius 1 is 1.33 bits per heavy atom. The van der Waals surface area contributed by atoms with Crippen LogP contribution in [0.15, 0.2) is 0 Å². The van der Waals surface area contributed by atoms with Gasteiger partial charge in [0.05, 0.1) is 7.11 Å². The standard InChI is InChI=1S/C8H14ClN5O/c1-15-8-13-6(9)12-7(14-8)11-5-3-2-4-10/h2-5,10H2,1H3,(H,11,12,13,14). The minimum atomic E-state index is 0.114. The van der Waals surface area contributed by atoms with Crippen LogP contribution in [0, 0.1) is 0 Å². The maximum absolute atomic E-state index is 5.67. The summed E-state index contributed by atoms with van der Waals surface area (Å²) in [6, 6.07) is 0.205. The summed E-state index contributed by atoms with van der Waals surface area (Å²) >= 11 is 5.67. The fraction of sp³-hybridized carbons (Fsp3) is 0.625. The molecule has 0 atom stereocenters. The van der Waals surface area contributed by atoms with Gasteiger partial charge in [-0.05, 0) is 31.0 Å². The second-order valence-corrected chi connectivity index (χ2v) is 3.18. The molecule has 1 aromatic heterocycles. The summed E-state index contributed by atoms with van der Waals surface area (Å²) in [5.41, 5.74) is 5.37. The van der Waals surface area contributed by atoms with Gasteiger partial charge >= 0.3 is 6.01 Å². The van der Waals surface area contributed by atoms with Gasteiger partial charge in [-0.1, -0.05) is 0 Å². The van der Waals surface area contributed by atoms with Crippen molar-refractivity contribution in [3.8, 4) is 6.01 Å². The van der Waals surface area contributed by atoms with E-state index in [9.17, 15) is 0 Å². The fourth-order valence-corrected chi connectivity index (χ4v) is 1.12. The number of methoxy groups -OCH3 is 1. The van der Waals surface area contributed by atoms with Gasteiger partial charge in [-0.3, -0.25) is 0 Å². The predicted octanol–water partition coefficient (Wildman–Crippen LogP) is 0.684. The normalized spacial score (nSPS) is 10.1. The van der Waals surface area contributed by atoms with Gasteiger partial charge in [0.2, 0.25) is 11.2 Å². The van der Waals surface area contributed by atoms with Gasteiger partial charge in [-0.15, -0.1) is 0 Å². The number of rotatable bonds is 6. The molecule has 15 heavy (non-hydrogen) atoms. The van der Waals surface area contributed by atoms with E-state index in [-0.39, 0.29) is 11.3 Å². The third-order valence-corrected chi connectivity index (χ3v) is 1.85. The van der Waals surface area contributed by atoms with E-state index in [0.717, 1.165) is 19.4 Å². The average molecular weight is 232 g/mol. The first-order chi connectivity index (χ1) is 7.26. The van der Waals surface area contributed by atoms with Gasteiger partial charge in [0.15, 0.2) is 0 Å². The van der Waals surface area contributed by atoms with E-state index in [2.05, 4.69) is 20.3 Å². The summed E-state index contributed by atoms with van der Waals surface area (Å²) in [6.07, 6.45) is 1.92. The molecule has 1 aromatic rings. The average Bonchev–Trinajstić information content (AvgIpc) is 2.23. The largest absolute Gasteiger partial charge is 0.467 e. The molecule has 0 saturated carbocycles. The van der Waals surface area contributed by atoms with Crippen LogP contribution < -0.4 is 15.8 Å². The number of nitrogens with two attached hydrogens (primary N) is 1. The SMILES string of the molecule is COc1nc(Cl)nc(NCCCCN)n1. The van der Waals surface area contributed by atoms with Crippen molar-refractivity contribution in [3.63, 3.8) is 0 Å². The molecule has 1 rings (SSSR count). The number of hydrogen-bond donors (Lipinski definition) is 2.